The second kappa shape index (κ2) is 6.00. The van der Waals surface area contributed by atoms with Gasteiger partial charge in [-0.3, -0.25) is 0 Å². The number of ether oxygens (including phenoxy) is 1. The van der Waals surface area contributed by atoms with Crippen LogP contribution in [0, 0.1) is 0 Å². The number of thiocarbonyl (C=S) groups is 1. The molecule has 0 radical (unpaired) electrons. The Hall–Kier alpha value is -2.11. The van der Waals surface area contributed by atoms with Crippen LogP contribution in [0.5, 0.6) is 11.5 Å². The van der Waals surface area contributed by atoms with Crippen molar-refractivity contribution in [3.63, 3.8) is 0 Å². The number of benzene rings is 2. The van der Waals surface area contributed by atoms with Gasteiger partial charge in [0.15, 0.2) is 5.11 Å². The Morgan fingerprint density at radius 2 is 1.72 bits per heavy atom. The third kappa shape index (κ3) is 3.44. The number of nitrogens with two attached hydrogens (primary N) is 1. The standard InChI is InChI=1S/C13H13N3OS/c14-16-13(18)15-10-5-4-8-12(9-10)17-11-6-2-1-3-7-11/h1-9H,14H2,(H2,15,16,18). The van der Waals surface area contributed by atoms with E-state index in [2.05, 4.69) is 10.7 Å². The number of hydrogen-bond donors (Lipinski definition) is 3. The summed E-state index contributed by atoms with van der Waals surface area (Å²) in [6, 6.07) is 17.0. The van der Waals surface area contributed by atoms with Crippen molar-refractivity contribution in [3.8, 4) is 11.5 Å². The Kier molecular flexibility index (Phi) is 4.11. The van der Waals surface area contributed by atoms with Crippen LogP contribution in [-0.2, 0) is 0 Å². The van der Waals surface area contributed by atoms with Gasteiger partial charge < -0.3 is 15.5 Å². The lowest BCUT2D eigenvalue weighted by Gasteiger charge is -2.09. The summed E-state index contributed by atoms with van der Waals surface area (Å²) in [6.07, 6.45) is 0. The molecule has 2 aromatic rings. The number of hydrazine groups is 1. The smallest absolute Gasteiger partial charge is 0.185 e. The minimum Gasteiger partial charge on any atom is -0.457 e. The van der Waals surface area contributed by atoms with Crippen LogP contribution in [0.3, 0.4) is 0 Å². The van der Waals surface area contributed by atoms with Gasteiger partial charge in [-0.1, -0.05) is 24.3 Å². The average molecular weight is 259 g/mol. The van der Waals surface area contributed by atoms with Gasteiger partial charge in [0.05, 0.1) is 0 Å². The van der Waals surface area contributed by atoms with E-state index >= 15 is 0 Å². The van der Waals surface area contributed by atoms with Crippen molar-refractivity contribution in [2.75, 3.05) is 5.32 Å². The fourth-order valence-corrected chi connectivity index (χ4v) is 1.55. The molecular weight excluding hydrogens is 246 g/mol. The molecule has 0 aliphatic carbocycles. The molecule has 4 nitrogen and oxygen atoms in total. The highest BCUT2D eigenvalue weighted by atomic mass is 32.1. The molecule has 0 unspecified atom stereocenters. The molecule has 4 N–H and O–H groups in total. The third-order valence-corrected chi connectivity index (χ3v) is 2.42. The van der Waals surface area contributed by atoms with Crippen molar-refractivity contribution in [2.45, 2.75) is 0 Å². The predicted octanol–water partition coefficient (Wildman–Crippen LogP) is 2.64. The minimum absolute atomic E-state index is 0.354. The highest BCUT2D eigenvalue weighted by Gasteiger charge is 1.99. The van der Waals surface area contributed by atoms with Crippen molar-refractivity contribution in [1.29, 1.82) is 0 Å². The van der Waals surface area contributed by atoms with Gasteiger partial charge in [0.25, 0.3) is 0 Å². The van der Waals surface area contributed by atoms with Crippen molar-refractivity contribution in [3.05, 3.63) is 54.6 Å². The van der Waals surface area contributed by atoms with E-state index in [0.29, 0.717) is 5.11 Å². The van der Waals surface area contributed by atoms with E-state index in [1.165, 1.54) is 0 Å². The molecule has 5 heteroatoms. The van der Waals surface area contributed by atoms with Crippen molar-refractivity contribution < 1.29 is 4.74 Å². The van der Waals surface area contributed by atoms with E-state index < -0.39 is 0 Å². The maximum absolute atomic E-state index is 5.70. The monoisotopic (exact) mass is 259 g/mol. The van der Waals surface area contributed by atoms with Crippen LogP contribution < -0.4 is 21.3 Å². The second-order valence-electron chi connectivity index (χ2n) is 3.54. The van der Waals surface area contributed by atoms with E-state index in [0.717, 1.165) is 17.2 Å². The number of hydrogen-bond acceptors (Lipinski definition) is 3. The number of rotatable bonds is 3. The third-order valence-electron chi connectivity index (χ3n) is 2.20. The topological polar surface area (TPSA) is 59.3 Å². The summed E-state index contributed by atoms with van der Waals surface area (Å²) in [7, 11) is 0. The van der Waals surface area contributed by atoms with Crippen LogP contribution in [-0.4, -0.2) is 5.11 Å². The zero-order valence-electron chi connectivity index (χ0n) is 9.59. The van der Waals surface area contributed by atoms with Crippen molar-refractivity contribution >= 4 is 23.0 Å². The fraction of sp³-hybridized carbons (Fsp3) is 0. The summed E-state index contributed by atoms with van der Waals surface area (Å²) >= 11 is 4.92. The molecule has 92 valence electrons. The molecule has 0 fully saturated rings. The molecule has 0 saturated carbocycles. The first-order valence-electron chi connectivity index (χ1n) is 5.38. The van der Waals surface area contributed by atoms with E-state index in [4.69, 9.17) is 22.8 Å². The molecule has 0 aliphatic rings. The molecule has 0 saturated heterocycles. The van der Waals surface area contributed by atoms with E-state index in [-0.39, 0.29) is 0 Å². The highest BCUT2D eigenvalue weighted by Crippen LogP contribution is 2.23. The van der Waals surface area contributed by atoms with Gasteiger partial charge in [-0.05, 0) is 36.5 Å². The Morgan fingerprint density at radius 1 is 1.00 bits per heavy atom. The SMILES string of the molecule is NNC(=S)Nc1cccc(Oc2ccccc2)c1. The predicted molar refractivity (Wildman–Crippen MR) is 76.5 cm³/mol. The Balaban J connectivity index is 2.10. The Morgan fingerprint density at radius 3 is 2.44 bits per heavy atom. The maximum Gasteiger partial charge on any atom is 0.185 e. The quantitative estimate of drug-likeness (QED) is 0.449. The number of nitrogens with one attached hydrogen (secondary N) is 2. The maximum atomic E-state index is 5.70. The normalized spacial score (nSPS) is 9.61. The van der Waals surface area contributed by atoms with E-state index in [1.54, 1.807) is 0 Å². The summed E-state index contributed by atoms with van der Waals surface area (Å²) in [5.41, 5.74) is 3.17. The zero-order valence-corrected chi connectivity index (χ0v) is 10.4. The first kappa shape index (κ1) is 12.3. The molecule has 2 rings (SSSR count). The van der Waals surface area contributed by atoms with E-state index in [1.807, 2.05) is 54.6 Å². The first-order valence-corrected chi connectivity index (χ1v) is 5.79. The summed E-state index contributed by atoms with van der Waals surface area (Å²) in [5.74, 6) is 6.71. The second-order valence-corrected chi connectivity index (χ2v) is 3.95. The molecule has 2 aromatic carbocycles. The van der Waals surface area contributed by atoms with Crippen LogP contribution >= 0.6 is 12.2 Å². The van der Waals surface area contributed by atoms with Crippen molar-refractivity contribution in [1.82, 2.24) is 5.43 Å². The Bertz CT molecular complexity index is 531. The Labute approximate surface area is 111 Å². The van der Waals surface area contributed by atoms with Gasteiger partial charge in [-0.25, -0.2) is 5.84 Å². The summed E-state index contributed by atoms with van der Waals surface area (Å²) in [4.78, 5) is 0. The molecule has 0 atom stereocenters. The van der Waals surface area contributed by atoms with Crippen LogP contribution in [0.1, 0.15) is 0 Å². The van der Waals surface area contributed by atoms with E-state index in [9.17, 15) is 0 Å². The summed E-state index contributed by atoms with van der Waals surface area (Å²) in [5, 5.41) is 3.29. The minimum atomic E-state index is 0.354. The summed E-state index contributed by atoms with van der Waals surface area (Å²) in [6.45, 7) is 0. The van der Waals surface area contributed by atoms with Gasteiger partial charge in [0.1, 0.15) is 11.5 Å². The van der Waals surface area contributed by atoms with Gasteiger partial charge >= 0.3 is 0 Å². The van der Waals surface area contributed by atoms with Gasteiger partial charge in [-0.15, -0.1) is 0 Å². The zero-order chi connectivity index (χ0) is 12.8. The largest absolute Gasteiger partial charge is 0.457 e. The number of para-hydroxylation sites is 1. The molecule has 0 heterocycles. The first-order chi connectivity index (χ1) is 8.78. The molecule has 0 amide bonds. The lowest BCUT2D eigenvalue weighted by atomic mass is 10.3. The summed E-state index contributed by atoms with van der Waals surface area (Å²) < 4.78 is 5.70. The molecule has 18 heavy (non-hydrogen) atoms. The molecule has 0 aromatic heterocycles. The molecule has 0 spiro atoms. The lowest BCUT2D eigenvalue weighted by Crippen LogP contribution is -2.34. The van der Waals surface area contributed by atoms with Crippen molar-refractivity contribution in [2.24, 2.45) is 5.84 Å². The van der Waals surface area contributed by atoms with Crippen LogP contribution in [0.25, 0.3) is 0 Å². The highest BCUT2D eigenvalue weighted by molar-refractivity contribution is 7.80. The van der Waals surface area contributed by atoms with Crippen LogP contribution in [0.15, 0.2) is 54.6 Å². The van der Waals surface area contributed by atoms with Crippen LogP contribution in [0.2, 0.25) is 0 Å². The average Bonchev–Trinajstić information content (AvgIpc) is 2.40. The van der Waals surface area contributed by atoms with Gasteiger partial charge in [-0.2, -0.15) is 0 Å². The van der Waals surface area contributed by atoms with Crippen LogP contribution in [0.4, 0.5) is 5.69 Å². The molecular formula is C13H13N3OS. The molecule has 0 bridgehead atoms. The van der Waals surface area contributed by atoms with Gasteiger partial charge in [0.2, 0.25) is 0 Å². The van der Waals surface area contributed by atoms with Gasteiger partial charge in [0, 0.05) is 11.8 Å². The molecule has 0 aliphatic heterocycles. The number of anilines is 1. The fourth-order valence-electron chi connectivity index (χ4n) is 1.43. The lowest BCUT2D eigenvalue weighted by molar-refractivity contribution is 0.483.